The Bertz CT molecular complexity index is 228. The van der Waals surface area contributed by atoms with Gasteiger partial charge in [-0.2, -0.15) is 0 Å². The van der Waals surface area contributed by atoms with Gasteiger partial charge in [-0.15, -0.1) is 0 Å². The topological polar surface area (TPSA) is 20.3 Å². The molecule has 1 heterocycles. The van der Waals surface area contributed by atoms with Gasteiger partial charge in [0.1, 0.15) is 0 Å². The first kappa shape index (κ1) is 11.4. The van der Waals surface area contributed by atoms with Crippen LogP contribution in [-0.4, -0.2) is 29.8 Å². The molecule has 1 saturated heterocycles. The van der Waals surface area contributed by atoms with E-state index in [0.29, 0.717) is 13.0 Å². The van der Waals surface area contributed by atoms with Crippen LogP contribution in [0, 0.1) is 11.8 Å². The van der Waals surface area contributed by atoms with Gasteiger partial charge in [-0.25, -0.2) is 8.78 Å². The second-order valence-electron chi connectivity index (χ2n) is 4.34. The molecule has 1 amide bonds. The number of hydrogen-bond donors (Lipinski definition) is 0. The fraction of sp³-hybridized carbons (Fsp3) is 0.900. The first-order valence-corrected chi connectivity index (χ1v) is 4.98. The Morgan fingerprint density at radius 2 is 2.07 bits per heavy atom. The van der Waals surface area contributed by atoms with Crippen molar-refractivity contribution in [3.05, 3.63) is 0 Å². The maximum atomic E-state index is 13.5. The predicted octanol–water partition coefficient (Wildman–Crippen LogP) is 2.15. The van der Waals surface area contributed by atoms with Crippen LogP contribution in [0.5, 0.6) is 0 Å². The summed E-state index contributed by atoms with van der Waals surface area (Å²) in [6.45, 7) is 5.01. The largest absolute Gasteiger partial charge is 0.337 e. The number of hydrogen-bond acceptors (Lipinski definition) is 1. The zero-order valence-corrected chi connectivity index (χ0v) is 8.89. The quantitative estimate of drug-likeness (QED) is 0.642. The highest BCUT2D eigenvalue weighted by molar-refractivity contribution is 5.73. The Hall–Kier alpha value is -0.670. The number of alkyl halides is 2. The van der Waals surface area contributed by atoms with E-state index in [4.69, 9.17) is 0 Å². The monoisotopic (exact) mass is 205 g/mol. The smallest absolute Gasteiger partial charge is 0.268 e. The summed E-state index contributed by atoms with van der Waals surface area (Å²) >= 11 is 0. The van der Waals surface area contributed by atoms with E-state index in [1.807, 2.05) is 13.8 Å². The predicted molar refractivity (Wildman–Crippen MR) is 50.1 cm³/mol. The number of nitrogens with zero attached hydrogens (tertiary/aromatic N) is 1. The summed E-state index contributed by atoms with van der Waals surface area (Å²) in [5.41, 5.74) is 0. The molecule has 1 aliphatic heterocycles. The van der Waals surface area contributed by atoms with Crippen molar-refractivity contribution >= 4 is 5.91 Å². The van der Waals surface area contributed by atoms with Gasteiger partial charge in [0.05, 0.1) is 6.54 Å². The Morgan fingerprint density at radius 3 is 2.43 bits per heavy atom. The molecule has 0 aromatic rings. The lowest BCUT2D eigenvalue weighted by atomic mass is 9.83. The van der Waals surface area contributed by atoms with Crippen molar-refractivity contribution < 1.29 is 13.6 Å². The Balaban J connectivity index is 2.70. The SMILES string of the molecule is CC(=O)N1CCC(C(C)C)C(F)(F)C1. The van der Waals surface area contributed by atoms with E-state index in [9.17, 15) is 13.6 Å². The highest BCUT2D eigenvalue weighted by Crippen LogP contribution is 2.37. The molecule has 1 atom stereocenters. The molecule has 0 aliphatic carbocycles. The fourth-order valence-corrected chi connectivity index (χ4v) is 2.05. The van der Waals surface area contributed by atoms with Crippen LogP contribution in [-0.2, 0) is 4.79 Å². The van der Waals surface area contributed by atoms with E-state index in [1.165, 1.54) is 11.8 Å². The summed E-state index contributed by atoms with van der Waals surface area (Å²) in [5.74, 6) is -3.60. The molecule has 82 valence electrons. The molecule has 14 heavy (non-hydrogen) atoms. The number of piperidine rings is 1. The Kier molecular flexibility index (Phi) is 3.12. The maximum Gasteiger partial charge on any atom is 0.268 e. The van der Waals surface area contributed by atoms with Crippen LogP contribution in [0.3, 0.4) is 0 Å². The first-order chi connectivity index (χ1) is 6.34. The van der Waals surface area contributed by atoms with Gasteiger partial charge in [0, 0.05) is 19.4 Å². The number of halogens is 2. The van der Waals surface area contributed by atoms with Crippen LogP contribution < -0.4 is 0 Å². The summed E-state index contributed by atoms with van der Waals surface area (Å²) in [6.07, 6.45) is 0.407. The van der Waals surface area contributed by atoms with Crippen molar-refractivity contribution in [2.24, 2.45) is 11.8 Å². The van der Waals surface area contributed by atoms with Gasteiger partial charge in [0.2, 0.25) is 5.91 Å². The van der Waals surface area contributed by atoms with Crippen molar-refractivity contribution in [2.75, 3.05) is 13.1 Å². The highest BCUT2D eigenvalue weighted by Gasteiger charge is 2.46. The lowest BCUT2D eigenvalue weighted by molar-refractivity contribution is -0.152. The molecule has 0 spiro atoms. The molecule has 0 saturated carbocycles. The lowest BCUT2D eigenvalue weighted by Crippen LogP contribution is -2.51. The van der Waals surface area contributed by atoms with Crippen LogP contribution >= 0.6 is 0 Å². The summed E-state index contributed by atoms with van der Waals surface area (Å²) in [7, 11) is 0. The molecular weight excluding hydrogens is 188 g/mol. The minimum Gasteiger partial charge on any atom is -0.337 e. The zero-order chi connectivity index (χ0) is 10.9. The molecule has 4 heteroatoms. The van der Waals surface area contributed by atoms with E-state index in [1.54, 1.807) is 0 Å². The van der Waals surface area contributed by atoms with Gasteiger partial charge in [-0.3, -0.25) is 4.79 Å². The van der Waals surface area contributed by atoms with Crippen LogP contribution in [0.2, 0.25) is 0 Å². The second kappa shape index (κ2) is 3.83. The zero-order valence-electron chi connectivity index (χ0n) is 8.89. The van der Waals surface area contributed by atoms with Crippen LogP contribution in [0.15, 0.2) is 0 Å². The van der Waals surface area contributed by atoms with Gasteiger partial charge >= 0.3 is 0 Å². The summed E-state index contributed by atoms with van der Waals surface area (Å²) < 4.78 is 27.1. The molecule has 1 fully saturated rings. The van der Waals surface area contributed by atoms with Crippen molar-refractivity contribution in [3.8, 4) is 0 Å². The number of amides is 1. The van der Waals surface area contributed by atoms with E-state index in [2.05, 4.69) is 0 Å². The second-order valence-corrected chi connectivity index (χ2v) is 4.34. The molecule has 0 N–H and O–H groups in total. The molecule has 0 aromatic carbocycles. The minimum absolute atomic E-state index is 0.0286. The third-order valence-electron chi connectivity index (χ3n) is 2.90. The van der Waals surface area contributed by atoms with Crippen LogP contribution in [0.1, 0.15) is 27.2 Å². The van der Waals surface area contributed by atoms with Crippen LogP contribution in [0.25, 0.3) is 0 Å². The molecule has 1 aliphatic rings. The van der Waals surface area contributed by atoms with E-state index < -0.39 is 18.4 Å². The molecular formula is C10H17F2NO. The number of carbonyl (C=O) groups is 1. The minimum atomic E-state index is -2.72. The van der Waals surface area contributed by atoms with Crippen molar-refractivity contribution in [1.29, 1.82) is 0 Å². The van der Waals surface area contributed by atoms with Crippen molar-refractivity contribution in [3.63, 3.8) is 0 Å². The summed E-state index contributed by atoms with van der Waals surface area (Å²) in [6, 6.07) is 0. The third kappa shape index (κ3) is 2.22. The number of carbonyl (C=O) groups excluding carboxylic acids is 1. The normalized spacial score (nSPS) is 26.7. The third-order valence-corrected chi connectivity index (χ3v) is 2.90. The Morgan fingerprint density at radius 1 is 1.50 bits per heavy atom. The maximum absolute atomic E-state index is 13.5. The summed E-state index contributed by atoms with van der Waals surface area (Å²) in [4.78, 5) is 12.2. The molecule has 0 radical (unpaired) electrons. The molecule has 1 unspecified atom stereocenters. The number of rotatable bonds is 1. The van der Waals surface area contributed by atoms with E-state index in [0.717, 1.165) is 0 Å². The van der Waals surface area contributed by atoms with Gasteiger partial charge < -0.3 is 4.90 Å². The van der Waals surface area contributed by atoms with Gasteiger partial charge in [0.25, 0.3) is 5.92 Å². The molecule has 0 aromatic heterocycles. The highest BCUT2D eigenvalue weighted by atomic mass is 19.3. The Labute approximate surface area is 83.3 Å². The van der Waals surface area contributed by atoms with Crippen molar-refractivity contribution in [1.82, 2.24) is 4.90 Å². The van der Waals surface area contributed by atoms with Gasteiger partial charge in [-0.1, -0.05) is 13.8 Å². The molecule has 0 bridgehead atoms. The van der Waals surface area contributed by atoms with E-state index in [-0.39, 0.29) is 11.8 Å². The molecule has 2 nitrogen and oxygen atoms in total. The standard InChI is InChI=1S/C10H17F2NO/c1-7(2)9-4-5-13(8(3)14)6-10(9,11)12/h7,9H,4-6H2,1-3H3. The average Bonchev–Trinajstić information content (AvgIpc) is 2.01. The average molecular weight is 205 g/mol. The number of likely N-dealkylation sites (tertiary alicyclic amines) is 1. The lowest BCUT2D eigenvalue weighted by Gasteiger charge is -2.39. The first-order valence-electron chi connectivity index (χ1n) is 4.98. The van der Waals surface area contributed by atoms with Crippen molar-refractivity contribution in [2.45, 2.75) is 33.1 Å². The van der Waals surface area contributed by atoms with Crippen LogP contribution in [0.4, 0.5) is 8.78 Å². The van der Waals surface area contributed by atoms with Gasteiger partial charge in [-0.05, 0) is 12.3 Å². The van der Waals surface area contributed by atoms with E-state index >= 15 is 0 Å². The molecule has 1 rings (SSSR count). The summed E-state index contributed by atoms with van der Waals surface area (Å²) in [5, 5.41) is 0. The van der Waals surface area contributed by atoms with Gasteiger partial charge in [0.15, 0.2) is 0 Å². The fourth-order valence-electron chi connectivity index (χ4n) is 2.05.